The van der Waals surface area contributed by atoms with Gasteiger partial charge in [0.05, 0.1) is 13.2 Å². The van der Waals surface area contributed by atoms with Crippen LogP contribution in [-0.2, 0) is 11.3 Å². The number of aromatic nitrogens is 1. The molecule has 3 heterocycles. The van der Waals surface area contributed by atoms with Gasteiger partial charge in [0.1, 0.15) is 5.82 Å². The first-order chi connectivity index (χ1) is 12.8. The predicted octanol–water partition coefficient (Wildman–Crippen LogP) is 2.12. The summed E-state index contributed by atoms with van der Waals surface area (Å²) in [5, 5.41) is 3.59. The first-order valence-corrected chi connectivity index (χ1v) is 10.1. The predicted molar refractivity (Wildman–Crippen MR) is 104 cm³/mol. The first kappa shape index (κ1) is 17.6. The minimum Gasteiger partial charge on any atom is -0.378 e. The Kier molecular flexibility index (Phi) is 5.58. The van der Waals surface area contributed by atoms with E-state index >= 15 is 0 Å². The number of anilines is 1. The molecule has 0 bridgehead atoms. The number of guanidine groups is 1. The van der Waals surface area contributed by atoms with Gasteiger partial charge < -0.3 is 19.9 Å². The minimum atomic E-state index is 0.763. The number of morpholine rings is 1. The summed E-state index contributed by atoms with van der Waals surface area (Å²) < 4.78 is 5.48. The van der Waals surface area contributed by atoms with Crippen molar-refractivity contribution in [3.8, 4) is 0 Å². The fourth-order valence-electron chi connectivity index (χ4n) is 4.71. The van der Waals surface area contributed by atoms with Crippen molar-refractivity contribution in [2.45, 2.75) is 32.2 Å². The van der Waals surface area contributed by atoms with Crippen molar-refractivity contribution in [3.63, 3.8) is 0 Å². The molecule has 0 radical (unpaired) electrons. The standard InChI is InChI=1S/C20H31N5O/c1-21-20(25-14-17-5-2-3-6-18(17)15-25)23-13-16-7-4-8-22-19(16)24-9-11-26-12-10-24/h4,7-8,17-18H,2-3,5-6,9-15H2,1H3,(H,21,23). The fraction of sp³-hybridized carbons (Fsp3) is 0.700. The van der Waals surface area contributed by atoms with Crippen LogP contribution in [0, 0.1) is 11.8 Å². The summed E-state index contributed by atoms with van der Waals surface area (Å²) in [4.78, 5) is 14.0. The van der Waals surface area contributed by atoms with Gasteiger partial charge in [-0.3, -0.25) is 4.99 Å². The molecule has 4 rings (SSSR count). The number of likely N-dealkylation sites (tertiary alicyclic amines) is 1. The maximum atomic E-state index is 5.48. The fourth-order valence-corrected chi connectivity index (χ4v) is 4.71. The Morgan fingerprint density at radius 1 is 1.23 bits per heavy atom. The number of pyridine rings is 1. The van der Waals surface area contributed by atoms with Crippen molar-refractivity contribution < 1.29 is 4.74 Å². The van der Waals surface area contributed by atoms with Gasteiger partial charge in [0.25, 0.3) is 0 Å². The van der Waals surface area contributed by atoms with Crippen LogP contribution in [0.2, 0.25) is 0 Å². The number of fused-ring (bicyclic) bond motifs is 1. The van der Waals surface area contributed by atoms with E-state index in [4.69, 9.17) is 4.74 Å². The van der Waals surface area contributed by atoms with E-state index in [-0.39, 0.29) is 0 Å². The summed E-state index contributed by atoms with van der Waals surface area (Å²) in [6.45, 7) is 6.46. The molecule has 0 amide bonds. The van der Waals surface area contributed by atoms with Gasteiger partial charge in [-0.05, 0) is 30.7 Å². The van der Waals surface area contributed by atoms with Gasteiger partial charge in [0.2, 0.25) is 0 Å². The van der Waals surface area contributed by atoms with Crippen molar-refractivity contribution in [3.05, 3.63) is 23.9 Å². The van der Waals surface area contributed by atoms with E-state index in [1.165, 1.54) is 31.2 Å². The molecule has 0 aromatic carbocycles. The van der Waals surface area contributed by atoms with Crippen LogP contribution in [0.15, 0.2) is 23.3 Å². The van der Waals surface area contributed by atoms with Crippen LogP contribution in [0.3, 0.4) is 0 Å². The topological polar surface area (TPSA) is 53.0 Å². The number of rotatable bonds is 3. The summed E-state index contributed by atoms with van der Waals surface area (Å²) in [7, 11) is 1.90. The number of hydrogen-bond donors (Lipinski definition) is 1. The summed E-state index contributed by atoms with van der Waals surface area (Å²) in [6.07, 6.45) is 7.47. The van der Waals surface area contributed by atoms with Crippen LogP contribution in [0.4, 0.5) is 5.82 Å². The van der Waals surface area contributed by atoms with Gasteiger partial charge in [-0.2, -0.15) is 0 Å². The number of aliphatic imine (C=N–C) groups is 1. The lowest BCUT2D eigenvalue weighted by Crippen LogP contribution is -2.41. The van der Waals surface area contributed by atoms with E-state index in [1.54, 1.807) is 0 Å². The lowest BCUT2D eigenvalue weighted by atomic mass is 9.82. The zero-order valence-corrected chi connectivity index (χ0v) is 15.9. The van der Waals surface area contributed by atoms with Crippen LogP contribution in [-0.4, -0.2) is 62.3 Å². The molecule has 3 fully saturated rings. The zero-order chi connectivity index (χ0) is 17.8. The number of nitrogens with one attached hydrogen (secondary N) is 1. The third kappa shape index (κ3) is 3.80. The third-order valence-corrected chi connectivity index (χ3v) is 6.10. The van der Waals surface area contributed by atoms with Crippen molar-refractivity contribution in [2.24, 2.45) is 16.8 Å². The van der Waals surface area contributed by atoms with Gasteiger partial charge in [-0.15, -0.1) is 0 Å². The number of hydrogen-bond acceptors (Lipinski definition) is 4. The Labute approximate surface area is 156 Å². The maximum absolute atomic E-state index is 5.48. The average molecular weight is 358 g/mol. The highest BCUT2D eigenvalue weighted by Crippen LogP contribution is 2.36. The highest BCUT2D eigenvalue weighted by atomic mass is 16.5. The van der Waals surface area contributed by atoms with E-state index in [9.17, 15) is 0 Å². The van der Waals surface area contributed by atoms with E-state index in [0.717, 1.165) is 69.6 Å². The van der Waals surface area contributed by atoms with E-state index < -0.39 is 0 Å². The molecule has 6 nitrogen and oxygen atoms in total. The molecular formula is C20H31N5O. The Hall–Kier alpha value is -1.82. The Bertz CT molecular complexity index is 614. The highest BCUT2D eigenvalue weighted by Gasteiger charge is 2.35. The largest absolute Gasteiger partial charge is 0.378 e. The van der Waals surface area contributed by atoms with Crippen LogP contribution in [0.25, 0.3) is 0 Å². The van der Waals surface area contributed by atoms with Gasteiger partial charge in [0.15, 0.2) is 5.96 Å². The molecule has 2 aliphatic heterocycles. The number of nitrogens with zero attached hydrogens (tertiary/aromatic N) is 4. The van der Waals surface area contributed by atoms with Crippen LogP contribution >= 0.6 is 0 Å². The summed E-state index contributed by atoms with van der Waals surface area (Å²) in [5.41, 5.74) is 1.23. The summed E-state index contributed by atoms with van der Waals surface area (Å²) >= 11 is 0. The number of ether oxygens (including phenoxy) is 1. The van der Waals surface area contributed by atoms with Gasteiger partial charge in [0, 0.05) is 51.5 Å². The third-order valence-electron chi connectivity index (χ3n) is 6.10. The average Bonchev–Trinajstić information content (AvgIpc) is 3.13. The second kappa shape index (κ2) is 8.25. The second-order valence-electron chi connectivity index (χ2n) is 7.70. The molecule has 1 N–H and O–H groups in total. The highest BCUT2D eigenvalue weighted by molar-refractivity contribution is 5.80. The quantitative estimate of drug-likeness (QED) is 0.663. The molecule has 26 heavy (non-hydrogen) atoms. The minimum absolute atomic E-state index is 0.763. The molecule has 2 atom stereocenters. The molecule has 1 aromatic rings. The van der Waals surface area contributed by atoms with E-state index in [0.29, 0.717) is 0 Å². The maximum Gasteiger partial charge on any atom is 0.193 e. The molecular weight excluding hydrogens is 326 g/mol. The SMILES string of the molecule is CN=C(NCc1cccnc1N1CCOCC1)N1CC2CCCCC2C1. The molecule has 2 saturated heterocycles. The molecule has 1 aromatic heterocycles. The van der Waals surface area contributed by atoms with Crippen molar-refractivity contribution in [1.29, 1.82) is 0 Å². The molecule has 6 heteroatoms. The smallest absolute Gasteiger partial charge is 0.193 e. The van der Waals surface area contributed by atoms with Crippen LogP contribution in [0.5, 0.6) is 0 Å². The Balaban J connectivity index is 1.40. The van der Waals surface area contributed by atoms with Crippen LogP contribution < -0.4 is 10.2 Å². The van der Waals surface area contributed by atoms with E-state index in [2.05, 4.69) is 31.2 Å². The molecule has 0 spiro atoms. The zero-order valence-electron chi connectivity index (χ0n) is 15.9. The summed E-state index contributed by atoms with van der Waals surface area (Å²) in [5.74, 6) is 3.85. The van der Waals surface area contributed by atoms with Crippen molar-refractivity contribution >= 4 is 11.8 Å². The Morgan fingerprint density at radius 2 is 1.96 bits per heavy atom. The van der Waals surface area contributed by atoms with Crippen molar-refractivity contribution in [1.82, 2.24) is 15.2 Å². The van der Waals surface area contributed by atoms with Gasteiger partial charge >= 0.3 is 0 Å². The second-order valence-corrected chi connectivity index (χ2v) is 7.70. The lowest BCUT2D eigenvalue weighted by molar-refractivity contribution is 0.122. The molecule has 2 unspecified atom stereocenters. The monoisotopic (exact) mass is 357 g/mol. The van der Waals surface area contributed by atoms with Crippen LogP contribution in [0.1, 0.15) is 31.2 Å². The first-order valence-electron chi connectivity index (χ1n) is 10.1. The molecule has 1 aliphatic carbocycles. The van der Waals surface area contributed by atoms with Crippen molar-refractivity contribution in [2.75, 3.05) is 51.3 Å². The molecule has 142 valence electrons. The van der Waals surface area contributed by atoms with E-state index in [1.807, 2.05) is 19.3 Å². The lowest BCUT2D eigenvalue weighted by Gasteiger charge is -2.30. The van der Waals surface area contributed by atoms with Gasteiger partial charge in [-0.25, -0.2) is 4.98 Å². The normalized spacial score (nSPS) is 26.7. The summed E-state index contributed by atoms with van der Waals surface area (Å²) in [6, 6.07) is 4.19. The molecule has 3 aliphatic rings. The Morgan fingerprint density at radius 3 is 2.65 bits per heavy atom. The molecule has 1 saturated carbocycles. The van der Waals surface area contributed by atoms with Gasteiger partial charge in [-0.1, -0.05) is 18.9 Å².